The van der Waals surface area contributed by atoms with Gasteiger partial charge in [-0.25, -0.2) is 4.39 Å². The first kappa shape index (κ1) is 11.0. The topological polar surface area (TPSA) is 38.7 Å². The van der Waals surface area contributed by atoms with Crippen LogP contribution < -0.4 is 0 Å². The van der Waals surface area contributed by atoms with Crippen LogP contribution in [0, 0.1) is 5.82 Å². The van der Waals surface area contributed by atoms with Gasteiger partial charge in [0, 0.05) is 23.5 Å². The highest BCUT2D eigenvalue weighted by Gasteiger charge is 2.08. The maximum atomic E-state index is 12.8. The zero-order valence-electron chi connectivity index (χ0n) is 9.25. The summed E-state index contributed by atoms with van der Waals surface area (Å²) >= 11 is 1.46. The first-order valence-corrected chi connectivity index (χ1v) is 6.14. The molecule has 0 saturated heterocycles. The summed E-state index contributed by atoms with van der Waals surface area (Å²) in [5, 5.41) is 9.81. The molecular weight excluding hydrogens is 249 g/mol. The number of halogens is 1. The molecule has 0 radical (unpaired) electrons. The second kappa shape index (κ2) is 4.62. The van der Waals surface area contributed by atoms with E-state index in [9.17, 15) is 4.39 Å². The Bertz CT molecular complexity index is 650. The molecule has 18 heavy (non-hydrogen) atoms. The van der Waals surface area contributed by atoms with Crippen molar-refractivity contribution in [1.82, 2.24) is 15.2 Å². The van der Waals surface area contributed by atoms with Crippen LogP contribution in [0.4, 0.5) is 4.39 Å². The fourth-order valence-electron chi connectivity index (χ4n) is 1.54. The highest BCUT2D eigenvalue weighted by Crippen LogP contribution is 2.29. The van der Waals surface area contributed by atoms with Crippen LogP contribution in [0.5, 0.6) is 0 Å². The lowest BCUT2D eigenvalue weighted by Gasteiger charge is -1.94. The second-order valence-corrected chi connectivity index (χ2v) is 4.64. The van der Waals surface area contributed by atoms with Gasteiger partial charge in [0.2, 0.25) is 0 Å². The maximum absolute atomic E-state index is 12.8. The predicted octanol–water partition coefficient (Wildman–Crippen LogP) is 3.41. The van der Waals surface area contributed by atoms with E-state index in [-0.39, 0.29) is 5.82 Å². The summed E-state index contributed by atoms with van der Waals surface area (Å²) in [5.41, 5.74) is 1.80. The molecule has 0 aliphatic rings. The third-order valence-corrected chi connectivity index (χ3v) is 3.45. The number of benzene rings is 1. The van der Waals surface area contributed by atoms with Crippen molar-refractivity contribution in [2.24, 2.45) is 0 Å². The molecule has 0 fully saturated rings. The fourth-order valence-corrected chi connectivity index (χ4v) is 2.38. The Morgan fingerprint density at radius 1 is 0.889 bits per heavy atom. The average molecular weight is 257 g/mol. The lowest BCUT2D eigenvalue weighted by Crippen LogP contribution is -1.78. The van der Waals surface area contributed by atoms with Crippen LogP contribution in [0.1, 0.15) is 0 Å². The molecular formula is C13H8FN3S. The standard InChI is InChI=1S/C13H8FN3S/c14-11-5-3-9(4-6-11)12-16-17-13(18-12)10-2-1-7-15-8-10/h1-8H. The Balaban J connectivity index is 1.97. The summed E-state index contributed by atoms with van der Waals surface area (Å²) in [6.07, 6.45) is 3.46. The SMILES string of the molecule is Fc1ccc(-c2nnc(-c3cccnc3)s2)cc1. The minimum Gasteiger partial charge on any atom is -0.264 e. The van der Waals surface area contributed by atoms with Crippen molar-refractivity contribution in [2.75, 3.05) is 0 Å². The fraction of sp³-hybridized carbons (Fsp3) is 0. The van der Waals surface area contributed by atoms with Crippen molar-refractivity contribution in [2.45, 2.75) is 0 Å². The van der Waals surface area contributed by atoms with Gasteiger partial charge in [-0.05, 0) is 36.4 Å². The minimum absolute atomic E-state index is 0.254. The summed E-state index contributed by atoms with van der Waals surface area (Å²) in [4.78, 5) is 4.04. The number of rotatable bonds is 2. The van der Waals surface area contributed by atoms with E-state index >= 15 is 0 Å². The minimum atomic E-state index is -0.254. The number of nitrogens with zero attached hydrogens (tertiary/aromatic N) is 3. The summed E-state index contributed by atoms with van der Waals surface area (Å²) in [6.45, 7) is 0. The van der Waals surface area contributed by atoms with Crippen molar-refractivity contribution < 1.29 is 4.39 Å². The van der Waals surface area contributed by atoms with E-state index in [0.717, 1.165) is 21.1 Å². The van der Waals surface area contributed by atoms with E-state index in [2.05, 4.69) is 15.2 Å². The van der Waals surface area contributed by atoms with Crippen LogP contribution in [0.3, 0.4) is 0 Å². The number of pyridine rings is 1. The third kappa shape index (κ3) is 2.12. The van der Waals surface area contributed by atoms with Crippen molar-refractivity contribution in [1.29, 1.82) is 0 Å². The van der Waals surface area contributed by atoms with Crippen molar-refractivity contribution in [3.63, 3.8) is 0 Å². The van der Waals surface area contributed by atoms with Crippen LogP contribution in [0.25, 0.3) is 21.1 Å². The van der Waals surface area contributed by atoms with Gasteiger partial charge in [0.25, 0.3) is 0 Å². The molecule has 5 heteroatoms. The maximum Gasteiger partial charge on any atom is 0.149 e. The monoisotopic (exact) mass is 257 g/mol. The van der Waals surface area contributed by atoms with Gasteiger partial charge in [-0.1, -0.05) is 11.3 Å². The van der Waals surface area contributed by atoms with Crippen molar-refractivity contribution >= 4 is 11.3 Å². The highest BCUT2D eigenvalue weighted by atomic mass is 32.1. The van der Waals surface area contributed by atoms with Crippen molar-refractivity contribution in [3.8, 4) is 21.1 Å². The summed E-state index contributed by atoms with van der Waals surface area (Å²) in [5.74, 6) is -0.254. The van der Waals surface area contributed by atoms with Gasteiger partial charge in [0.15, 0.2) is 0 Å². The van der Waals surface area contributed by atoms with E-state index in [1.54, 1.807) is 24.5 Å². The van der Waals surface area contributed by atoms with Gasteiger partial charge >= 0.3 is 0 Å². The smallest absolute Gasteiger partial charge is 0.149 e. The molecule has 0 amide bonds. The van der Waals surface area contributed by atoms with Crippen LogP contribution in [0.2, 0.25) is 0 Å². The van der Waals surface area contributed by atoms with Crippen LogP contribution in [-0.4, -0.2) is 15.2 Å². The van der Waals surface area contributed by atoms with Gasteiger partial charge in [-0.15, -0.1) is 10.2 Å². The Kier molecular flexibility index (Phi) is 2.82. The first-order valence-electron chi connectivity index (χ1n) is 5.33. The quantitative estimate of drug-likeness (QED) is 0.706. The average Bonchev–Trinajstić information content (AvgIpc) is 2.90. The molecule has 2 aromatic heterocycles. The molecule has 0 unspecified atom stereocenters. The normalized spacial score (nSPS) is 10.5. The zero-order chi connectivity index (χ0) is 12.4. The molecule has 0 saturated carbocycles. The first-order chi connectivity index (χ1) is 8.83. The van der Waals surface area contributed by atoms with Gasteiger partial charge in [0.05, 0.1) is 0 Å². The zero-order valence-corrected chi connectivity index (χ0v) is 10.1. The Hall–Kier alpha value is -2.14. The van der Waals surface area contributed by atoms with E-state index < -0.39 is 0 Å². The number of hydrogen-bond donors (Lipinski definition) is 0. The highest BCUT2D eigenvalue weighted by molar-refractivity contribution is 7.17. The van der Waals surface area contributed by atoms with E-state index in [0.29, 0.717) is 0 Å². The molecule has 0 atom stereocenters. The molecule has 0 aliphatic carbocycles. The molecule has 0 bridgehead atoms. The van der Waals surface area contributed by atoms with E-state index in [1.165, 1.54) is 23.5 Å². The van der Waals surface area contributed by atoms with Crippen LogP contribution in [-0.2, 0) is 0 Å². The van der Waals surface area contributed by atoms with Crippen LogP contribution >= 0.6 is 11.3 Å². The molecule has 3 aromatic rings. The summed E-state index contributed by atoms with van der Waals surface area (Å²) in [6, 6.07) is 10.0. The second-order valence-electron chi connectivity index (χ2n) is 3.66. The van der Waals surface area contributed by atoms with Gasteiger partial charge in [-0.2, -0.15) is 0 Å². The van der Waals surface area contributed by atoms with E-state index in [4.69, 9.17) is 0 Å². The van der Waals surface area contributed by atoms with Gasteiger partial charge in [-0.3, -0.25) is 4.98 Å². The Morgan fingerprint density at radius 2 is 1.61 bits per heavy atom. The Labute approximate surface area is 107 Å². The Morgan fingerprint density at radius 3 is 2.28 bits per heavy atom. The molecule has 1 aromatic carbocycles. The van der Waals surface area contributed by atoms with Gasteiger partial charge in [0.1, 0.15) is 15.8 Å². The molecule has 0 N–H and O–H groups in total. The van der Waals surface area contributed by atoms with E-state index in [1.807, 2.05) is 12.1 Å². The molecule has 0 aliphatic heterocycles. The molecule has 0 spiro atoms. The molecule has 2 heterocycles. The predicted molar refractivity (Wildman–Crippen MR) is 68.5 cm³/mol. The molecule has 88 valence electrons. The van der Waals surface area contributed by atoms with Gasteiger partial charge < -0.3 is 0 Å². The third-order valence-electron chi connectivity index (χ3n) is 2.42. The number of hydrogen-bond acceptors (Lipinski definition) is 4. The largest absolute Gasteiger partial charge is 0.264 e. The number of aromatic nitrogens is 3. The lowest BCUT2D eigenvalue weighted by atomic mass is 10.2. The van der Waals surface area contributed by atoms with Crippen molar-refractivity contribution in [3.05, 3.63) is 54.6 Å². The molecule has 3 rings (SSSR count). The summed E-state index contributed by atoms with van der Waals surface area (Å²) in [7, 11) is 0. The lowest BCUT2D eigenvalue weighted by molar-refractivity contribution is 0.628. The summed E-state index contributed by atoms with van der Waals surface area (Å²) < 4.78 is 12.8. The molecule has 3 nitrogen and oxygen atoms in total. The van der Waals surface area contributed by atoms with Crippen LogP contribution in [0.15, 0.2) is 48.8 Å².